The Hall–Kier alpha value is -7.69. The molecule has 56 heavy (non-hydrogen) atoms. The topological polar surface area (TPSA) is 119 Å². The van der Waals surface area contributed by atoms with E-state index in [0.717, 1.165) is 23.1 Å². The number of carbonyl (C=O) groups is 2. The molecule has 0 aromatic heterocycles. The second kappa shape index (κ2) is 17.9. The molecule has 0 heterocycles. The van der Waals surface area contributed by atoms with Crippen LogP contribution >= 0.6 is 0 Å². The zero-order valence-electron chi connectivity index (χ0n) is 28.9. The van der Waals surface area contributed by atoms with Crippen molar-refractivity contribution >= 4 is 50.2 Å². The third-order valence-corrected chi connectivity index (χ3v) is 8.45. The lowest BCUT2D eigenvalue weighted by Gasteiger charge is -2.14. The van der Waals surface area contributed by atoms with Crippen LogP contribution in [-0.4, -0.2) is 11.6 Å². The van der Waals surface area contributed by atoms with Crippen LogP contribution in [0.25, 0.3) is 36.5 Å². The number of fused-ring (bicyclic) bond motifs is 4. The SMILES string of the molecule is C.Cc1c(F)c(F)c(F)c(F)c1F.Cc1ccc([N+]#N)cc1.N#[N+]c1cccc2c1C(=O)c1ccccc1C2=O.N#[N+]c1cccc2cc3ccccc3cc12. The molecule has 1 aliphatic rings. The Kier molecular flexibility index (Phi) is 13.1. The van der Waals surface area contributed by atoms with Crippen LogP contribution in [0, 0.1) is 59.1 Å². The van der Waals surface area contributed by atoms with E-state index in [1.165, 1.54) is 17.0 Å². The fraction of sp³-hybridized carbons (Fsp3) is 0.0698. The average Bonchev–Trinajstić information content (AvgIpc) is 3.23. The first-order valence-corrected chi connectivity index (χ1v) is 16.2. The number of diazo groups is 3. The second-order valence-electron chi connectivity index (χ2n) is 11.9. The maximum absolute atomic E-state index is 12.4. The normalized spacial score (nSPS) is 10.6. The minimum atomic E-state index is -2.13. The molecular weight excluding hydrogens is 728 g/mol. The molecule has 8 rings (SSSR count). The predicted octanol–water partition coefficient (Wildman–Crippen LogP) is 13.2. The van der Waals surface area contributed by atoms with Gasteiger partial charge in [-0.05, 0) is 48.2 Å². The smallest absolute Gasteiger partial charge is 0.289 e. The van der Waals surface area contributed by atoms with Crippen LogP contribution in [0.4, 0.5) is 39.0 Å². The van der Waals surface area contributed by atoms with Gasteiger partial charge >= 0.3 is 17.1 Å². The number of hydrogen-bond donors (Lipinski definition) is 0. The highest BCUT2D eigenvalue weighted by molar-refractivity contribution is 6.30. The molecule has 0 saturated carbocycles. The lowest BCUT2D eigenvalue weighted by molar-refractivity contribution is 0.0980. The number of nitrogens with zero attached hydrogens (tertiary/aromatic N) is 6. The number of halogens is 5. The molecule has 13 heteroatoms. The first-order valence-electron chi connectivity index (χ1n) is 16.2. The number of rotatable bonds is 0. The summed E-state index contributed by atoms with van der Waals surface area (Å²) in [7, 11) is 0. The molecule has 0 amide bonds. The fourth-order valence-corrected chi connectivity index (χ4v) is 5.57. The Morgan fingerprint density at radius 2 is 0.929 bits per heavy atom. The molecule has 7 aromatic rings. The molecule has 0 radical (unpaired) electrons. The third-order valence-electron chi connectivity index (χ3n) is 8.45. The highest BCUT2D eigenvalue weighted by Gasteiger charge is 2.35. The van der Waals surface area contributed by atoms with Crippen molar-refractivity contribution in [3.63, 3.8) is 0 Å². The van der Waals surface area contributed by atoms with E-state index in [1.807, 2.05) is 43.3 Å². The van der Waals surface area contributed by atoms with Crippen molar-refractivity contribution in [3.05, 3.63) is 199 Å². The molecule has 0 bridgehead atoms. The predicted molar refractivity (Wildman–Crippen MR) is 204 cm³/mol. The van der Waals surface area contributed by atoms with Crippen LogP contribution < -0.4 is 0 Å². The van der Waals surface area contributed by atoms with E-state index in [-0.39, 0.29) is 35.8 Å². The highest BCUT2D eigenvalue weighted by Crippen LogP contribution is 2.33. The van der Waals surface area contributed by atoms with E-state index in [0.29, 0.717) is 22.5 Å². The van der Waals surface area contributed by atoms with Gasteiger partial charge < -0.3 is 0 Å². The summed E-state index contributed by atoms with van der Waals surface area (Å²) in [6, 6.07) is 36.7. The maximum atomic E-state index is 12.4. The first kappa shape index (κ1) is 41.1. The van der Waals surface area contributed by atoms with Crippen LogP contribution in [0.3, 0.4) is 0 Å². The number of hydrogen-bond acceptors (Lipinski definition) is 5. The summed E-state index contributed by atoms with van der Waals surface area (Å²) in [5.74, 6) is -10.0. The van der Waals surface area contributed by atoms with E-state index in [1.54, 1.807) is 54.6 Å². The molecule has 0 fully saturated rings. The Bertz CT molecular complexity index is 2660. The Balaban J connectivity index is 0.000000170. The molecule has 0 aliphatic heterocycles. The summed E-state index contributed by atoms with van der Waals surface area (Å²) in [4.78, 5) is 33.9. The summed E-state index contributed by atoms with van der Waals surface area (Å²) < 4.78 is 61.6. The van der Waals surface area contributed by atoms with Gasteiger partial charge in [0.15, 0.2) is 44.0 Å². The standard InChI is InChI=1S/C14H7N2O2.C14H9N2.C7H3F5.C7H7N2.CH4/c15-16-11-7-3-6-10-12(11)14(18)9-5-2-1-4-8(9)13(10)17;15-16-14-7-3-6-12-8-10-4-1-2-5-11(10)9-13(12)14;1-2-3(8)5(10)7(12)6(11)4(2)9;1-6-2-4-7(9-8)5-3-6;/h1-7H;1-9H;1H3;2-5H,1H3;1H4/q2*+1;;+1;. The van der Waals surface area contributed by atoms with Crippen LogP contribution in [0.5, 0.6) is 0 Å². The van der Waals surface area contributed by atoms with E-state index in [4.69, 9.17) is 16.2 Å². The zero-order valence-corrected chi connectivity index (χ0v) is 28.9. The summed E-state index contributed by atoms with van der Waals surface area (Å²) in [6.07, 6.45) is 0. The molecule has 276 valence electrons. The minimum absolute atomic E-state index is 0. The summed E-state index contributed by atoms with van der Waals surface area (Å²) in [6.45, 7) is 2.80. The summed E-state index contributed by atoms with van der Waals surface area (Å²) in [5.41, 5.74) is 2.84. The van der Waals surface area contributed by atoms with Gasteiger partial charge in [0.2, 0.25) is 27.8 Å². The Morgan fingerprint density at radius 1 is 0.464 bits per heavy atom. The van der Waals surface area contributed by atoms with Crippen molar-refractivity contribution in [2.45, 2.75) is 21.3 Å². The van der Waals surface area contributed by atoms with Gasteiger partial charge in [0.1, 0.15) is 5.56 Å². The monoisotopic (exact) mass is 757 g/mol. The Morgan fingerprint density at radius 3 is 1.50 bits per heavy atom. The Labute approximate surface area is 317 Å². The molecule has 0 N–H and O–H groups in total. The average molecular weight is 758 g/mol. The van der Waals surface area contributed by atoms with Crippen LogP contribution in [0.1, 0.15) is 50.4 Å². The van der Waals surface area contributed by atoms with Gasteiger partial charge in [0.05, 0.1) is 5.39 Å². The molecule has 8 nitrogen and oxygen atoms in total. The van der Waals surface area contributed by atoms with Gasteiger partial charge in [0.25, 0.3) is 0 Å². The number of aryl methyl sites for hydroxylation is 1. The third kappa shape index (κ3) is 8.41. The highest BCUT2D eigenvalue weighted by atomic mass is 19.2. The van der Waals surface area contributed by atoms with Crippen molar-refractivity contribution in [3.8, 4) is 0 Å². The van der Waals surface area contributed by atoms with Crippen LogP contribution in [0.15, 0.2) is 121 Å². The van der Waals surface area contributed by atoms with E-state index < -0.39 is 34.6 Å². The van der Waals surface area contributed by atoms with Crippen LogP contribution in [0.2, 0.25) is 0 Å². The van der Waals surface area contributed by atoms with E-state index in [9.17, 15) is 31.5 Å². The molecule has 0 saturated heterocycles. The van der Waals surface area contributed by atoms with Crippen molar-refractivity contribution in [2.24, 2.45) is 0 Å². The quantitative estimate of drug-likeness (QED) is 0.0501. The number of ketones is 2. The van der Waals surface area contributed by atoms with E-state index >= 15 is 0 Å². The number of carbonyl (C=O) groups excluding carboxylic acids is 2. The van der Waals surface area contributed by atoms with Crippen LogP contribution in [-0.2, 0) is 0 Å². The molecule has 1 aliphatic carbocycles. The van der Waals surface area contributed by atoms with Crippen molar-refractivity contribution in [1.29, 1.82) is 16.2 Å². The molecule has 7 aromatic carbocycles. The van der Waals surface area contributed by atoms with E-state index in [2.05, 4.69) is 39.2 Å². The summed E-state index contributed by atoms with van der Waals surface area (Å²) >= 11 is 0. The molecule has 0 atom stereocenters. The fourth-order valence-electron chi connectivity index (χ4n) is 5.57. The van der Waals surface area contributed by atoms with Gasteiger partial charge in [-0.3, -0.25) is 9.59 Å². The van der Waals surface area contributed by atoms with Gasteiger partial charge in [-0.1, -0.05) is 91.9 Å². The lowest BCUT2D eigenvalue weighted by Crippen LogP contribution is -2.20. The molecule has 0 spiro atoms. The van der Waals surface area contributed by atoms with Crippen molar-refractivity contribution in [2.75, 3.05) is 0 Å². The second-order valence-corrected chi connectivity index (χ2v) is 11.9. The maximum Gasteiger partial charge on any atom is 0.396 e. The number of benzene rings is 7. The molecule has 0 unspecified atom stereocenters. The van der Waals surface area contributed by atoms with Crippen molar-refractivity contribution in [1.82, 2.24) is 0 Å². The lowest BCUT2D eigenvalue weighted by atomic mass is 9.83. The van der Waals surface area contributed by atoms with Gasteiger partial charge in [-0.2, -0.15) is 0 Å². The zero-order chi connectivity index (χ0) is 39.8. The first-order chi connectivity index (χ1) is 26.4. The summed E-state index contributed by atoms with van der Waals surface area (Å²) in [5, 5.41) is 30.5. The largest absolute Gasteiger partial charge is 0.396 e. The van der Waals surface area contributed by atoms with Gasteiger partial charge in [-0.25, -0.2) is 22.0 Å². The van der Waals surface area contributed by atoms with Gasteiger partial charge in [0, 0.05) is 46.5 Å². The minimum Gasteiger partial charge on any atom is -0.289 e. The molecular formula is C43H30F5N6O2+3. The van der Waals surface area contributed by atoms with Crippen molar-refractivity contribution < 1.29 is 31.5 Å². The van der Waals surface area contributed by atoms with Gasteiger partial charge in [-0.15, -0.1) is 0 Å².